The molecular formula is C24H30F3N7O3S. The number of nitrogens with zero attached hydrogens (tertiary/aromatic N) is 7. The van der Waals surface area contributed by atoms with E-state index in [-0.39, 0.29) is 5.65 Å². The number of fused-ring (bicyclic) bond motifs is 1. The quantitative estimate of drug-likeness (QED) is 0.441. The molecule has 0 radical (unpaired) electrons. The molecule has 14 heteroatoms. The van der Waals surface area contributed by atoms with Crippen molar-refractivity contribution in [1.82, 2.24) is 29.0 Å². The molecule has 38 heavy (non-hydrogen) atoms. The smallest absolute Gasteiger partial charge is 0.453 e. The van der Waals surface area contributed by atoms with Gasteiger partial charge in [-0.15, -0.1) is 15.3 Å². The van der Waals surface area contributed by atoms with Crippen LogP contribution in [0.25, 0.3) is 5.65 Å². The van der Waals surface area contributed by atoms with Gasteiger partial charge in [-0.3, -0.25) is 4.90 Å². The number of piperazine rings is 1. The van der Waals surface area contributed by atoms with Gasteiger partial charge in [-0.05, 0) is 48.6 Å². The summed E-state index contributed by atoms with van der Waals surface area (Å²) >= 11 is 0. The number of alkyl halides is 3. The normalized spacial score (nSPS) is 18.8. The average molecular weight is 554 g/mol. The summed E-state index contributed by atoms with van der Waals surface area (Å²) < 4.78 is 71.0. The Hall–Kier alpha value is -2.97. The zero-order valence-electron chi connectivity index (χ0n) is 21.0. The number of ether oxygens (including phenoxy) is 1. The van der Waals surface area contributed by atoms with Crippen molar-refractivity contribution in [2.75, 3.05) is 63.6 Å². The minimum absolute atomic E-state index is 0.0628. The number of hydrogen-bond acceptors (Lipinski definition) is 8. The number of benzene rings is 1. The first-order valence-electron chi connectivity index (χ1n) is 12.5. The van der Waals surface area contributed by atoms with Gasteiger partial charge >= 0.3 is 6.18 Å². The fourth-order valence-corrected chi connectivity index (χ4v) is 5.81. The van der Waals surface area contributed by atoms with Gasteiger partial charge in [0.2, 0.25) is 10.0 Å². The van der Waals surface area contributed by atoms with Crippen LogP contribution in [-0.4, -0.2) is 96.1 Å². The van der Waals surface area contributed by atoms with Gasteiger partial charge in [-0.1, -0.05) is 12.1 Å². The highest BCUT2D eigenvalue weighted by Crippen LogP contribution is 2.32. The van der Waals surface area contributed by atoms with Gasteiger partial charge in [0.05, 0.1) is 6.26 Å². The zero-order valence-corrected chi connectivity index (χ0v) is 21.8. The molecule has 0 spiro atoms. The van der Waals surface area contributed by atoms with Crippen molar-refractivity contribution in [3.05, 3.63) is 47.8 Å². The van der Waals surface area contributed by atoms with E-state index in [1.807, 2.05) is 17.0 Å². The summed E-state index contributed by atoms with van der Waals surface area (Å²) in [5, 5.41) is 11.0. The molecule has 2 saturated heterocycles. The van der Waals surface area contributed by atoms with Crippen molar-refractivity contribution in [3.63, 3.8) is 0 Å². The summed E-state index contributed by atoms with van der Waals surface area (Å²) in [4.78, 5) is 4.19. The van der Waals surface area contributed by atoms with Gasteiger partial charge in [0, 0.05) is 45.8 Å². The van der Waals surface area contributed by atoms with Gasteiger partial charge in [0.1, 0.15) is 18.2 Å². The molecular weight excluding hydrogens is 523 g/mol. The minimum atomic E-state index is -4.62. The summed E-state index contributed by atoms with van der Waals surface area (Å²) in [6, 6.07) is 11.2. The second kappa shape index (κ2) is 10.7. The van der Waals surface area contributed by atoms with Gasteiger partial charge in [0.25, 0.3) is 5.82 Å². The highest BCUT2D eigenvalue weighted by Gasteiger charge is 2.38. The Morgan fingerprint density at radius 1 is 0.947 bits per heavy atom. The van der Waals surface area contributed by atoms with Crippen LogP contribution < -0.4 is 9.64 Å². The number of rotatable bonds is 7. The van der Waals surface area contributed by atoms with Gasteiger partial charge in [0.15, 0.2) is 5.65 Å². The third-order valence-electron chi connectivity index (χ3n) is 7.15. The Morgan fingerprint density at radius 3 is 2.26 bits per heavy atom. The molecule has 10 nitrogen and oxygen atoms in total. The predicted molar refractivity (Wildman–Crippen MR) is 135 cm³/mol. The highest BCUT2D eigenvalue weighted by atomic mass is 32.2. The summed E-state index contributed by atoms with van der Waals surface area (Å²) in [7, 11) is -3.13. The first-order valence-corrected chi connectivity index (χ1v) is 14.4. The van der Waals surface area contributed by atoms with E-state index in [9.17, 15) is 21.6 Å². The SMILES string of the molecule is CS(=O)(=O)N1CCN(CCOc2ccc(C3CCN(c4ccc5nnc(C(F)(F)F)n5n4)CC3)cc2)CC1. The van der Waals surface area contributed by atoms with Crippen LogP contribution in [0, 0.1) is 0 Å². The molecule has 0 unspecified atom stereocenters. The van der Waals surface area contributed by atoms with Crippen LogP contribution in [0.5, 0.6) is 5.75 Å². The van der Waals surface area contributed by atoms with E-state index in [2.05, 4.69) is 32.3 Å². The number of anilines is 1. The molecule has 206 valence electrons. The van der Waals surface area contributed by atoms with Crippen molar-refractivity contribution >= 4 is 21.5 Å². The van der Waals surface area contributed by atoms with Crippen LogP contribution in [0.15, 0.2) is 36.4 Å². The van der Waals surface area contributed by atoms with Gasteiger partial charge in [-0.25, -0.2) is 8.42 Å². The molecule has 2 aliphatic heterocycles. The van der Waals surface area contributed by atoms with E-state index < -0.39 is 22.0 Å². The lowest BCUT2D eigenvalue weighted by Crippen LogP contribution is -2.49. The first kappa shape index (κ1) is 26.6. The molecule has 2 aliphatic rings. The lowest BCUT2D eigenvalue weighted by molar-refractivity contribution is -0.146. The van der Waals surface area contributed by atoms with Crippen molar-refractivity contribution in [2.45, 2.75) is 24.9 Å². The largest absolute Gasteiger partial charge is 0.492 e. The summed E-state index contributed by atoms with van der Waals surface area (Å²) in [5.41, 5.74) is 1.27. The number of hydrogen-bond donors (Lipinski definition) is 0. The lowest BCUT2D eigenvalue weighted by Gasteiger charge is -2.33. The Bertz CT molecular complexity index is 1350. The fraction of sp³-hybridized carbons (Fsp3) is 0.542. The first-order chi connectivity index (χ1) is 18.1. The molecule has 3 aromatic rings. The third kappa shape index (κ3) is 6.02. The molecule has 0 aliphatic carbocycles. The Balaban J connectivity index is 1.10. The second-order valence-corrected chi connectivity index (χ2v) is 11.6. The van der Waals surface area contributed by atoms with Crippen LogP contribution in [-0.2, 0) is 16.2 Å². The van der Waals surface area contributed by atoms with E-state index in [0.717, 1.165) is 29.7 Å². The Kier molecular flexibility index (Phi) is 7.47. The number of sulfonamides is 1. The van der Waals surface area contributed by atoms with E-state index in [4.69, 9.17) is 4.74 Å². The van der Waals surface area contributed by atoms with Crippen molar-refractivity contribution in [2.24, 2.45) is 0 Å². The van der Waals surface area contributed by atoms with E-state index in [1.54, 1.807) is 6.07 Å². The summed E-state index contributed by atoms with van der Waals surface area (Å²) in [5.74, 6) is 0.479. The van der Waals surface area contributed by atoms with E-state index in [0.29, 0.717) is 57.6 Å². The van der Waals surface area contributed by atoms with Crippen molar-refractivity contribution in [1.29, 1.82) is 0 Å². The van der Waals surface area contributed by atoms with E-state index in [1.165, 1.54) is 22.2 Å². The molecule has 0 amide bonds. The molecule has 2 fully saturated rings. The van der Waals surface area contributed by atoms with Crippen LogP contribution in [0.2, 0.25) is 0 Å². The maximum Gasteiger partial charge on any atom is 0.453 e. The highest BCUT2D eigenvalue weighted by molar-refractivity contribution is 7.88. The lowest BCUT2D eigenvalue weighted by atomic mass is 9.89. The number of piperidine rings is 1. The van der Waals surface area contributed by atoms with Crippen molar-refractivity contribution in [3.8, 4) is 5.75 Å². The van der Waals surface area contributed by atoms with Gasteiger partial charge in [-0.2, -0.15) is 22.0 Å². The summed E-state index contributed by atoms with van der Waals surface area (Å²) in [6.07, 6.45) is -1.67. The third-order valence-corrected chi connectivity index (χ3v) is 8.45. The fourth-order valence-electron chi connectivity index (χ4n) is 4.98. The maximum absolute atomic E-state index is 13.2. The second-order valence-electron chi connectivity index (χ2n) is 9.67. The summed E-state index contributed by atoms with van der Waals surface area (Å²) in [6.45, 7) is 5.02. The molecule has 0 bridgehead atoms. The van der Waals surface area contributed by atoms with Crippen molar-refractivity contribution < 1.29 is 26.3 Å². The molecule has 4 heterocycles. The molecule has 1 aromatic carbocycles. The number of halogens is 3. The Morgan fingerprint density at radius 2 is 1.63 bits per heavy atom. The zero-order chi connectivity index (χ0) is 26.9. The van der Waals surface area contributed by atoms with E-state index >= 15 is 0 Å². The molecule has 0 saturated carbocycles. The maximum atomic E-state index is 13.2. The predicted octanol–water partition coefficient (Wildman–Crippen LogP) is 2.48. The minimum Gasteiger partial charge on any atom is -0.492 e. The molecule has 5 rings (SSSR count). The Labute approximate surface area is 219 Å². The standard InChI is InChI=1S/C24H30F3N7O3S/c1-38(35,36)33-14-12-31(13-15-33)16-17-37-20-4-2-18(3-5-20)19-8-10-32(11-9-19)22-7-6-21-28-29-23(24(25,26)27)34(21)30-22/h2-7,19H,8-17H2,1H3. The molecule has 0 N–H and O–H groups in total. The molecule has 2 aromatic heterocycles. The number of aromatic nitrogens is 4. The van der Waals surface area contributed by atoms with Crippen LogP contribution in [0.3, 0.4) is 0 Å². The molecule has 0 atom stereocenters. The van der Waals surface area contributed by atoms with Crippen LogP contribution in [0.4, 0.5) is 19.0 Å². The topological polar surface area (TPSA) is 96.2 Å². The van der Waals surface area contributed by atoms with Gasteiger partial charge < -0.3 is 9.64 Å². The average Bonchev–Trinajstić information content (AvgIpc) is 3.33. The van der Waals surface area contributed by atoms with Crippen LogP contribution >= 0.6 is 0 Å². The monoisotopic (exact) mass is 553 g/mol. The van der Waals surface area contributed by atoms with Crippen LogP contribution in [0.1, 0.15) is 30.1 Å².